The van der Waals surface area contributed by atoms with Crippen LogP contribution in [0.5, 0.6) is 11.5 Å². The van der Waals surface area contributed by atoms with Crippen LogP contribution in [0.3, 0.4) is 0 Å². The number of fused-ring (bicyclic) bond motifs is 1. The molecule has 0 saturated heterocycles. The van der Waals surface area contributed by atoms with Gasteiger partial charge in [0, 0.05) is 10.6 Å². The molecule has 0 fully saturated rings. The Hall–Kier alpha value is -4.92. The van der Waals surface area contributed by atoms with E-state index in [1.807, 2.05) is 109 Å². The van der Waals surface area contributed by atoms with E-state index in [4.69, 9.17) is 30.8 Å². The summed E-state index contributed by atoms with van der Waals surface area (Å²) in [6, 6.07) is 31.1. The number of rotatable bonds is 9. The summed E-state index contributed by atoms with van der Waals surface area (Å²) in [5.41, 5.74) is 3.71. The zero-order valence-electron chi connectivity index (χ0n) is 24.6. The molecule has 0 radical (unpaired) electrons. The van der Waals surface area contributed by atoms with Gasteiger partial charge in [0.05, 0.1) is 35.6 Å². The summed E-state index contributed by atoms with van der Waals surface area (Å²) in [6.07, 6.45) is 1.82. The van der Waals surface area contributed by atoms with Gasteiger partial charge in [-0.25, -0.2) is 9.79 Å². The molecule has 4 aromatic carbocycles. The van der Waals surface area contributed by atoms with Crippen LogP contribution in [0, 0.1) is 0 Å². The van der Waals surface area contributed by atoms with Gasteiger partial charge >= 0.3 is 5.97 Å². The average Bonchev–Trinajstić information content (AvgIpc) is 3.38. The third-order valence-electron chi connectivity index (χ3n) is 7.26. The molecule has 9 heteroatoms. The van der Waals surface area contributed by atoms with E-state index in [0.29, 0.717) is 43.7 Å². The molecule has 0 unspecified atom stereocenters. The van der Waals surface area contributed by atoms with E-state index in [0.717, 1.165) is 16.7 Å². The predicted octanol–water partition coefficient (Wildman–Crippen LogP) is 6.18. The fraction of sp³-hybridized carbons (Fsp3) is 0.139. The summed E-state index contributed by atoms with van der Waals surface area (Å²) < 4.78 is 19.1. The van der Waals surface area contributed by atoms with Crippen molar-refractivity contribution in [3.8, 4) is 11.5 Å². The Labute approximate surface area is 268 Å². The van der Waals surface area contributed by atoms with E-state index < -0.39 is 12.0 Å². The Morgan fingerprint density at radius 1 is 0.956 bits per heavy atom. The molecular formula is C36H29ClN2O5S. The second kappa shape index (κ2) is 13.4. The van der Waals surface area contributed by atoms with Gasteiger partial charge in [-0.2, -0.15) is 0 Å². The molecule has 1 aliphatic heterocycles. The normalized spacial score (nSPS) is 14.5. The summed E-state index contributed by atoms with van der Waals surface area (Å²) in [4.78, 5) is 33.2. The monoisotopic (exact) mass is 636 g/mol. The molecule has 1 atom stereocenters. The van der Waals surface area contributed by atoms with Gasteiger partial charge in [0.1, 0.15) is 18.1 Å². The fourth-order valence-electron chi connectivity index (χ4n) is 5.16. The number of nitrogens with zero attached hydrogens (tertiary/aromatic N) is 2. The van der Waals surface area contributed by atoms with Crippen molar-refractivity contribution in [2.75, 3.05) is 13.7 Å². The zero-order chi connectivity index (χ0) is 31.3. The standard InChI is InChI=1S/C36H29ClN2O5S/c1-3-43-35(41)31-32(25-10-5-4-6-11-25)38-36-39(33(31)26-12-8-13-28(21-26)42-2)34(40)30(45-36)20-24-9-7-14-29(19-24)44-22-23-15-17-27(37)18-16-23/h4-21,33H,3,22H2,1-2H3/b30-20+/t33-/m1/s1. The summed E-state index contributed by atoms with van der Waals surface area (Å²) in [5.74, 6) is 0.732. The van der Waals surface area contributed by atoms with Crippen molar-refractivity contribution in [2.24, 2.45) is 4.99 Å². The molecule has 0 aliphatic carbocycles. The molecule has 0 saturated carbocycles. The number of halogens is 1. The van der Waals surface area contributed by atoms with Crippen molar-refractivity contribution in [1.82, 2.24) is 4.57 Å². The number of carbonyl (C=O) groups excluding carboxylic acids is 1. The maximum atomic E-state index is 14.2. The number of methoxy groups -OCH3 is 1. The molecule has 5 aromatic rings. The van der Waals surface area contributed by atoms with Crippen LogP contribution in [0.2, 0.25) is 5.02 Å². The number of hydrogen-bond acceptors (Lipinski definition) is 7. The Morgan fingerprint density at radius 3 is 2.47 bits per heavy atom. The van der Waals surface area contributed by atoms with E-state index in [9.17, 15) is 9.59 Å². The van der Waals surface area contributed by atoms with Crippen molar-refractivity contribution in [1.29, 1.82) is 0 Å². The number of hydrogen-bond donors (Lipinski definition) is 0. The average molecular weight is 637 g/mol. The molecule has 7 nitrogen and oxygen atoms in total. The highest BCUT2D eigenvalue weighted by molar-refractivity contribution is 7.07. The Kier molecular flexibility index (Phi) is 8.96. The molecule has 0 N–H and O–H groups in total. The Balaban J connectivity index is 1.48. The maximum absolute atomic E-state index is 14.2. The minimum atomic E-state index is -0.790. The van der Waals surface area contributed by atoms with Crippen LogP contribution in [-0.2, 0) is 16.1 Å². The smallest absolute Gasteiger partial charge is 0.338 e. The number of aromatic nitrogens is 1. The highest BCUT2D eigenvalue weighted by Gasteiger charge is 2.35. The summed E-state index contributed by atoms with van der Waals surface area (Å²) >= 11 is 7.27. The quantitative estimate of drug-likeness (QED) is 0.181. The highest BCUT2D eigenvalue weighted by atomic mass is 35.5. The third kappa shape index (κ3) is 6.48. The van der Waals surface area contributed by atoms with Crippen molar-refractivity contribution < 1.29 is 19.0 Å². The van der Waals surface area contributed by atoms with Crippen molar-refractivity contribution in [2.45, 2.75) is 19.6 Å². The van der Waals surface area contributed by atoms with Gasteiger partial charge < -0.3 is 14.2 Å². The fourth-order valence-corrected chi connectivity index (χ4v) is 6.29. The predicted molar refractivity (Wildman–Crippen MR) is 176 cm³/mol. The van der Waals surface area contributed by atoms with Crippen LogP contribution < -0.4 is 24.4 Å². The van der Waals surface area contributed by atoms with Gasteiger partial charge in [0.25, 0.3) is 5.56 Å². The van der Waals surface area contributed by atoms with Gasteiger partial charge in [-0.05, 0) is 66.1 Å². The summed E-state index contributed by atoms with van der Waals surface area (Å²) in [5, 5.41) is 0.668. The molecule has 2 heterocycles. The first-order chi connectivity index (χ1) is 21.9. The van der Waals surface area contributed by atoms with Gasteiger partial charge in [0.2, 0.25) is 0 Å². The molecule has 1 aliphatic rings. The molecule has 0 bridgehead atoms. The first-order valence-corrected chi connectivity index (χ1v) is 15.5. The van der Waals surface area contributed by atoms with Gasteiger partial charge in [0.15, 0.2) is 4.80 Å². The topological polar surface area (TPSA) is 79.1 Å². The zero-order valence-corrected chi connectivity index (χ0v) is 26.2. The second-order valence-corrected chi connectivity index (χ2v) is 11.6. The molecule has 1 aromatic heterocycles. The lowest BCUT2D eigenvalue weighted by atomic mass is 9.93. The van der Waals surface area contributed by atoms with Crippen LogP contribution in [0.25, 0.3) is 11.8 Å². The lowest BCUT2D eigenvalue weighted by molar-refractivity contribution is -0.138. The van der Waals surface area contributed by atoms with Gasteiger partial charge in [-0.1, -0.05) is 89.7 Å². The van der Waals surface area contributed by atoms with E-state index in [2.05, 4.69) is 0 Å². The van der Waals surface area contributed by atoms with Gasteiger partial charge in [-0.3, -0.25) is 9.36 Å². The van der Waals surface area contributed by atoms with Crippen molar-refractivity contribution in [3.05, 3.63) is 156 Å². The van der Waals surface area contributed by atoms with Crippen LogP contribution >= 0.6 is 22.9 Å². The first kappa shape index (κ1) is 30.1. The van der Waals surface area contributed by atoms with E-state index in [-0.39, 0.29) is 17.7 Å². The molecule has 45 heavy (non-hydrogen) atoms. The molecule has 6 rings (SSSR count). The van der Waals surface area contributed by atoms with E-state index in [1.165, 1.54) is 11.3 Å². The third-order valence-corrected chi connectivity index (χ3v) is 8.49. The lowest BCUT2D eigenvalue weighted by Crippen LogP contribution is -2.40. The van der Waals surface area contributed by atoms with Crippen LogP contribution in [0.1, 0.15) is 35.2 Å². The van der Waals surface area contributed by atoms with Crippen LogP contribution in [0.15, 0.2) is 118 Å². The van der Waals surface area contributed by atoms with Gasteiger partial charge in [-0.15, -0.1) is 0 Å². The van der Waals surface area contributed by atoms with E-state index >= 15 is 0 Å². The summed E-state index contributed by atoms with van der Waals surface area (Å²) in [6.45, 7) is 2.31. The number of esters is 1. The Morgan fingerprint density at radius 2 is 1.71 bits per heavy atom. The SMILES string of the molecule is CCOC(=O)C1=C(c2ccccc2)N=c2s/c(=C/c3cccc(OCc4ccc(Cl)cc4)c3)c(=O)n2[C@@H]1c1cccc(OC)c1. The second-order valence-electron chi connectivity index (χ2n) is 10.2. The number of ether oxygens (including phenoxy) is 3. The molecule has 0 amide bonds. The highest BCUT2D eigenvalue weighted by Crippen LogP contribution is 2.36. The molecule has 226 valence electrons. The Bertz CT molecular complexity index is 2070. The lowest BCUT2D eigenvalue weighted by Gasteiger charge is -2.26. The summed E-state index contributed by atoms with van der Waals surface area (Å²) in [7, 11) is 1.58. The minimum Gasteiger partial charge on any atom is -0.497 e. The first-order valence-electron chi connectivity index (χ1n) is 14.3. The minimum absolute atomic E-state index is 0.177. The molecular weight excluding hydrogens is 608 g/mol. The number of benzene rings is 4. The largest absolute Gasteiger partial charge is 0.497 e. The maximum Gasteiger partial charge on any atom is 0.338 e. The van der Waals surface area contributed by atoms with E-state index in [1.54, 1.807) is 18.6 Å². The van der Waals surface area contributed by atoms with Crippen LogP contribution in [-0.4, -0.2) is 24.3 Å². The van der Waals surface area contributed by atoms with Crippen LogP contribution in [0.4, 0.5) is 0 Å². The molecule has 0 spiro atoms. The van der Waals surface area contributed by atoms with Crippen molar-refractivity contribution in [3.63, 3.8) is 0 Å². The van der Waals surface area contributed by atoms with Crippen molar-refractivity contribution >= 4 is 40.7 Å². The number of carbonyl (C=O) groups is 1. The number of thiazole rings is 1.